The highest BCUT2D eigenvalue weighted by molar-refractivity contribution is 8.08. The van der Waals surface area contributed by atoms with E-state index in [0.717, 1.165) is 36.2 Å². The third kappa shape index (κ3) is 4.63. The zero-order valence-electron chi connectivity index (χ0n) is 16.8. The Morgan fingerprint density at radius 2 is 1.15 bits per heavy atom. The lowest BCUT2D eigenvalue weighted by molar-refractivity contribution is -0.160. The molecule has 8 atom stereocenters. The highest BCUT2D eigenvalue weighted by Crippen LogP contribution is 2.55. The molecule has 6 heteroatoms. The molecule has 2 saturated carbocycles. The Labute approximate surface area is 171 Å². The summed E-state index contributed by atoms with van der Waals surface area (Å²) in [6, 6.07) is 0. The predicted molar refractivity (Wildman–Crippen MR) is 110 cm³/mol. The largest absolute Gasteiger partial charge is 0.465 e. The van der Waals surface area contributed by atoms with Gasteiger partial charge in [-0.15, -0.1) is 0 Å². The second-order valence-corrected chi connectivity index (χ2v) is 12.9. The molecule has 0 aromatic carbocycles. The van der Waals surface area contributed by atoms with E-state index in [1.165, 1.54) is 0 Å². The Hall–Kier alpha value is -0.360. The minimum Gasteiger partial charge on any atom is -0.465 e. The van der Waals surface area contributed by atoms with Gasteiger partial charge in [0.1, 0.15) is 0 Å². The Morgan fingerprint density at radius 3 is 1.56 bits per heavy atom. The van der Waals surface area contributed by atoms with Gasteiger partial charge >= 0.3 is 11.9 Å². The van der Waals surface area contributed by atoms with E-state index in [1.807, 2.05) is 37.4 Å². The summed E-state index contributed by atoms with van der Waals surface area (Å²) in [5.41, 5.74) is -0.352. The van der Waals surface area contributed by atoms with E-state index >= 15 is 0 Å². The third-order valence-electron chi connectivity index (χ3n) is 6.75. The first-order valence-corrected chi connectivity index (χ1v) is 12.3. The number of fused-ring (bicyclic) bond motifs is 2. The van der Waals surface area contributed by atoms with Crippen molar-refractivity contribution < 1.29 is 19.1 Å². The van der Waals surface area contributed by atoms with Crippen LogP contribution in [-0.4, -0.2) is 46.2 Å². The van der Waals surface area contributed by atoms with Gasteiger partial charge in [-0.05, 0) is 37.5 Å². The standard InChI is InChI=1S/C21H32O4S2/c1-11-5-15-17(26-15)7-13(11)19(22)24-9-21(3,4)10-25-20(23)14-8-18-16(27-18)6-12(14)2/h11-18H,5-10H2,1-4H3. The van der Waals surface area contributed by atoms with Crippen LogP contribution in [0.5, 0.6) is 0 Å². The van der Waals surface area contributed by atoms with Crippen molar-refractivity contribution in [1.29, 1.82) is 0 Å². The van der Waals surface area contributed by atoms with Gasteiger partial charge in [-0.2, -0.15) is 23.5 Å². The Morgan fingerprint density at radius 1 is 0.778 bits per heavy atom. The molecular formula is C21H32O4S2. The molecule has 152 valence electrons. The number of ether oxygens (including phenoxy) is 2. The summed E-state index contributed by atoms with van der Waals surface area (Å²) in [7, 11) is 0. The van der Waals surface area contributed by atoms with Crippen LogP contribution in [0.1, 0.15) is 53.4 Å². The predicted octanol–water partition coefficient (Wildman–Crippen LogP) is 4.16. The van der Waals surface area contributed by atoms with Crippen molar-refractivity contribution in [2.45, 2.75) is 74.4 Å². The molecule has 2 aliphatic carbocycles. The lowest BCUT2D eigenvalue weighted by Crippen LogP contribution is -2.36. The quantitative estimate of drug-likeness (QED) is 0.482. The highest BCUT2D eigenvalue weighted by Gasteiger charge is 2.50. The molecule has 4 rings (SSSR count). The van der Waals surface area contributed by atoms with Crippen LogP contribution < -0.4 is 0 Å². The van der Waals surface area contributed by atoms with Gasteiger partial charge in [-0.25, -0.2) is 0 Å². The van der Waals surface area contributed by atoms with E-state index in [-0.39, 0.29) is 29.2 Å². The van der Waals surface area contributed by atoms with Crippen LogP contribution in [0.25, 0.3) is 0 Å². The molecule has 0 radical (unpaired) electrons. The lowest BCUT2D eigenvalue weighted by atomic mass is 9.80. The molecule has 2 aliphatic heterocycles. The molecule has 0 N–H and O–H groups in total. The van der Waals surface area contributed by atoms with Gasteiger partial charge < -0.3 is 9.47 Å². The van der Waals surface area contributed by atoms with Crippen LogP contribution in [0.4, 0.5) is 0 Å². The summed E-state index contributed by atoms with van der Waals surface area (Å²) < 4.78 is 11.3. The number of esters is 2. The van der Waals surface area contributed by atoms with Gasteiger partial charge in [0, 0.05) is 26.4 Å². The highest BCUT2D eigenvalue weighted by atomic mass is 32.2. The van der Waals surface area contributed by atoms with Gasteiger partial charge in [0.2, 0.25) is 0 Å². The molecule has 2 heterocycles. The van der Waals surface area contributed by atoms with Crippen LogP contribution in [0.15, 0.2) is 0 Å². The molecule has 8 unspecified atom stereocenters. The Bertz CT molecular complexity index is 557. The van der Waals surface area contributed by atoms with Crippen LogP contribution in [0, 0.1) is 29.1 Å². The summed E-state index contributed by atoms with van der Waals surface area (Å²) in [4.78, 5) is 25.1. The smallest absolute Gasteiger partial charge is 0.309 e. The van der Waals surface area contributed by atoms with Gasteiger partial charge in [-0.3, -0.25) is 9.59 Å². The first-order chi connectivity index (χ1) is 12.7. The fraction of sp³-hybridized carbons (Fsp3) is 0.905. The fourth-order valence-corrected chi connectivity index (χ4v) is 7.29. The average molecular weight is 413 g/mol. The molecule has 2 saturated heterocycles. The van der Waals surface area contributed by atoms with Crippen molar-refractivity contribution >= 4 is 35.5 Å². The van der Waals surface area contributed by atoms with Crippen molar-refractivity contribution in [2.24, 2.45) is 29.1 Å². The van der Waals surface area contributed by atoms with Crippen LogP contribution >= 0.6 is 23.5 Å². The number of hydrogen-bond donors (Lipinski definition) is 0. The monoisotopic (exact) mass is 412 g/mol. The maximum Gasteiger partial charge on any atom is 0.309 e. The average Bonchev–Trinajstić information content (AvgIpc) is 3.51. The van der Waals surface area contributed by atoms with E-state index in [0.29, 0.717) is 35.5 Å². The van der Waals surface area contributed by atoms with Gasteiger partial charge in [-0.1, -0.05) is 27.7 Å². The lowest BCUT2D eigenvalue weighted by Gasteiger charge is -2.30. The molecule has 0 aromatic heterocycles. The molecule has 0 aromatic rings. The van der Waals surface area contributed by atoms with E-state index < -0.39 is 0 Å². The van der Waals surface area contributed by atoms with Gasteiger partial charge in [0.05, 0.1) is 25.0 Å². The second kappa shape index (κ2) is 7.47. The van der Waals surface area contributed by atoms with Crippen LogP contribution in [0.3, 0.4) is 0 Å². The fourth-order valence-electron chi connectivity index (χ4n) is 4.66. The minimum atomic E-state index is -0.352. The van der Waals surface area contributed by atoms with E-state index in [2.05, 4.69) is 13.8 Å². The van der Waals surface area contributed by atoms with Crippen LogP contribution in [-0.2, 0) is 19.1 Å². The molecule has 0 spiro atoms. The van der Waals surface area contributed by atoms with Crippen molar-refractivity contribution in [2.75, 3.05) is 13.2 Å². The summed E-state index contributed by atoms with van der Waals surface area (Å²) in [6.45, 7) is 8.96. The molecule has 4 nitrogen and oxygen atoms in total. The van der Waals surface area contributed by atoms with Gasteiger partial charge in [0.25, 0.3) is 0 Å². The first-order valence-electron chi connectivity index (χ1n) is 10.4. The number of thioether (sulfide) groups is 2. The van der Waals surface area contributed by atoms with E-state index in [4.69, 9.17) is 9.47 Å². The normalized spacial score (nSPS) is 42.5. The third-order valence-corrected chi connectivity index (χ3v) is 9.60. The summed E-state index contributed by atoms with van der Waals surface area (Å²) in [5, 5.41) is 2.92. The number of carbonyl (C=O) groups is 2. The summed E-state index contributed by atoms with van der Waals surface area (Å²) in [5.74, 6) is 0.757. The molecular weight excluding hydrogens is 380 g/mol. The first kappa shape index (κ1) is 19.9. The van der Waals surface area contributed by atoms with E-state index in [9.17, 15) is 9.59 Å². The second-order valence-electron chi connectivity index (χ2n) is 9.92. The molecule has 4 aliphatic rings. The number of hydrogen-bond acceptors (Lipinski definition) is 6. The van der Waals surface area contributed by atoms with Crippen molar-refractivity contribution in [3.8, 4) is 0 Å². The minimum absolute atomic E-state index is 0.0340. The SMILES string of the molecule is CC1CC2SC2CC1C(=O)OCC(C)(C)COC(=O)C1CC2SC2CC1C. The van der Waals surface area contributed by atoms with Crippen molar-refractivity contribution in [3.05, 3.63) is 0 Å². The van der Waals surface area contributed by atoms with Gasteiger partial charge in [0.15, 0.2) is 0 Å². The van der Waals surface area contributed by atoms with Crippen molar-refractivity contribution in [3.63, 3.8) is 0 Å². The zero-order chi connectivity index (χ0) is 19.3. The maximum absolute atomic E-state index is 12.5. The summed E-state index contributed by atoms with van der Waals surface area (Å²) >= 11 is 4.02. The Balaban J connectivity index is 1.21. The zero-order valence-corrected chi connectivity index (χ0v) is 18.4. The maximum atomic E-state index is 12.5. The molecule has 0 amide bonds. The summed E-state index contributed by atoms with van der Waals surface area (Å²) in [6.07, 6.45) is 4.20. The Kier molecular flexibility index (Phi) is 5.52. The molecule has 4 fully saturated rings. The van der Waals surface area contributed by atoms with E-state index in [1.54, 1.807) is 0 Å². The van der Waals surface area contributed by atoms with Crippen molar-refractivity contribution in [1.82, 2.24) is 0 Å². The molecule has 0 bridgehead atoms. The topological polar surface area (TPSA) is 52.6 Å². The number of carbonyl (C=O) groups excluding carboxylic acids is 2. The number of rotatable bonds is 6. The van der Waals surface area contributed by atoms with Crippen LogP contribution in [0.2, 0.25) is 0 Å². The molecule has 27 heavy (non-hydrogen) atoms.